The van der Waals surface area contributed by atoms with Gasteiger partial charge in [-0.3, -0.25) is 9.29 Å². The van der Waals surface area contributed by atoms with Gasteiger partial charge in [-0.1, -0.05) is 18.2 Å². The summed E-state index contributed by atoms with van der Waals surface area (Å²) in [5, 5.41) is 20.1. The summed E-state index contributed by atoms with van der Waals surface area (Å²) in [7, 11) is 0. The molecule has 2 heterocycles. The van der Waals surface area contributed by atoms with Crippen molar-refractivity contribution in [1.29, 1.82) is 0 Å². The first-order chi connectivity index (χ1) is 17.3. The van der Waals surface area contributed by atoms with Crippen molar-refractivity contribution < 1.29 is 28.5 Å². The standard InChI is InChI=1S/C29H29F2NO4/c1-17(32-14-19(13-30)15-32)16-35-23-7-3-20(4-8-23)29-28(21-5-9-25(31)26(34)11-21)18(2)24-12-22(33)6-10-27(24)36-29/h3-12,17,19,29,33-34H,13-16H2,1-2H3. The van der Waals surface area contributed by atoms with Crippen molar-refractivity contribution in [2.75, 3.05) is 26.4 Å². The van der Waals surface area contributed by atoms with E-state index in [0.29, 0.717) is 17.9 Å². The maximum Gasteiger partial charge on any atom is 0.164 e. The number of phenols is 2. The van der Waals surface area contributed by atoms with Crippen LogP contribution in [0.15, 0.2) is 60.7 Å². The molecule has 2 aliphatic heterocycles. The third-order valence-corrected chi connectivity index (χ3v) is 7.04. The van der Waals surface area contributed by atoms with Gasteiger partial charge in [0.25, 0.3) is 0 Å². The Morgan fingerprint density at radius 3 is 2.50 bits per heavy atom. The molecule has 0 aliphatic carbocycles. The molecule has 2 atom stereocenters. The smallest absolute Gasteiger partial charge is 0.164 e. The molecule has 0 saturated carbocycles. The van der Waals surface area contributed by atoms with Crippen LogP contribution >= 0.6 is 0 Å². The first kappa shape index (κ1) is 24.1. The lowest BCUT2D eigenvalue weighted by Gasteiger charge is -2.41. The Kier molecular flexibility index (Phi) is 6.58. The van der Waals surface area contributed by atoms with Gasteiger partial charge in [-0.05, 0) is 73.0 Å². The molecule has 2 aliphatic rings. The molecule has 5 rings (SSSR count). The summed E-state index contributed by atoms with van der Waals surface area (Å²) in [5.74, 6) is 0.468. The van der Waals surface area contributed by atoms with E-state index in [2.05, 4.69) is 11.8 Å². The average Bonchev–Trinajstić information content (AvgIpc) is 2.84. The number of fused-ring (bicyclic) bond motifs is 1. The summed E-state index contributed by atoms with van der Waals surface area (Å²) in [4.78, 5) is 2.21. The Labute approximate surface area is 209 Å². The fraction of sp³-hybridized carbons (Fsp3) is 0.310. The van der Waals surface area contributed by atoms with E-state index in [4.69, 9.17) is 9.47 Å². The molecule has 3 aromatic carbocycles. The molecule has 7 heteroatoms. The molecule has 0 bridgehead atoms. The van der Waals surface area contributed by atoms with Crippen molar-refractivity contribution in [3.8, 4) is 23.0 Å². The normalized spacial score (nSPS) is 18.8. The number of ether oxygens (including phenoxy) is 2. The van der Waals surface area contributed by atoms with Crippen LogP contribution in [-0.2, 0) is 0 Å². The summed E-state index contributed by atoms with van der Waals surface area (Å²) < 4.78 is 38.8. The Morgan fingerprint density at radius 1 is 1.06 bits per heavy atom. The number of hydrogen-bond acceptors (Lipinski definition) is 5. The van der Waals surface area contributed by atoms with Gasteiger partial charge in [-0.15, -0.1) is 0 Å². The van der Waals surface area contributed by atoms with Gasteiger partial charge in [0.1, 0.15) is 30.0 Å². The number of likely N-dealkylation sites (tertiary alicyclic amines) is 1. The van der Waals surface area contributed by atoms with E-state index in [-0.39, 0.29) is 24.4 Å². The van der Waals surface area contributed by atoms with Crippen LogP contribution in [0.25, 0.3) is 11.1 Å². The highest BCUT2D eigenvalue weighted by molar-refractivity contribution is 5.95. The number of alkyl halides is 1. The third-order valence-electron chi connectivity index (χ3n) is 7.04. The van der Waals surface area contributed by atoms with Crippen molar-refractivity contribution in [3.05, 3.63) is 83.2 Å². The predicted molar refractivity (Wildman–Crippen MR) is 134 cm³/mol. The van der Waals surface area contributed by atoms with E-state index >= 15 is 0 Å². The molecular formula is C29H29F2NO4. The van der Waals surface area contributed by atoms with E-state index in [9.17, 15) is 19.0 Å². The second-order valence-corrected chi connectivity index (χ2v) is 9.59. The summed E-state index contributed by atoms with van der Waals surface area (Å²) in [6.45, 7) is 5.77. The second-order valence-electron chi connectivity index (χ2n) is 9.59. The monoisotopic (exact) mass is 493 g/mol. The van der Waals surface area contributed by atoms with Gasteiger partial charge < -0.3 is 19.7 Å². The molecule has 0 spiro atoms. The van der Waals surface area contributed by atoms with E-state index < -0.39 is 17.7 Å². The van der Waals surface area contributed by atoms with Gasteiger partial charge in [0.05, 0.1) is 6.67 Å². The van der Waals surface area contributed by atoms with Crippen LogP contribution in [0.5, 0.6) is 23.0 Å². The molecule has 2 unspecified atom stereocenters. The summed E-state index contributed by atoms with van der Waals surface area (Å²) in [6.07, 6.45) is -0.515. The first-order valence-electron chi connectivity index (χ1n) is 12.1. The summed E-state index contributed by atoms with van der Waals surface area (Å²) in [5.41, 5.74) is 3.85. The van der Waals surface area contributed by atoms with Crippen LogP contribution in [0, 0.1) is 11.7 Å². The SMILES string of the molecule is CC1=C(c2ccc(F)c(O)c2)C(c2ccc(OCC(C)N3CC(CF)C3)cc2)Oc2ccc(O)cc21. The molecule has 5 nitrogen and oxygen atoms in total. The van der Waals surface area contributed by atoms with Crippen LogP contribution in [0.1, 0.15) is 36.6 Å². The van der Waals surface area contributed by atoms with Crippen LogP contribution in [0.3, 0.4) is 0 Å². The van der Waals surface area contributed by atoms with Crippen molar-refractivity contribution >= 4 is 11.1 Å². The first-order valence-corrected chi connectivity index (χ1v) is 12.1. The number of rotatable bonds is 7. The van der Waals surface area contributed by atoms with Crippen molar-refractivity contribution in [1.82, 2.24) is 4.90 Å². The van der Waals surface area contributed by atoms with Crippen LogP contribution < -0.4 is 9.47 Å². The number of aromatic hydroxyl groups is 2. The van der Waals surface area contributed by atoms with Gasteiger partial charge in [0.2, 0.25) is 0 Å². The number of benzene rings is 3. The van der Waals surface area contributed by atoms with Gasteiger partial charge in [0.15, 0.2) is 11.6 Å². The van der Waals surface area contributed by atoms with Gasteiger partial charge in [-0.2, -0.15) is 0 Å². The zero-order valence-corrected chi connectivity index (χ0v) is 20.2. The van der Waals surface area contributed by atoms with Gasteiger partial charge in [-0.25, -0.2) is 4.39 Å². The largest absolute Gasteiger partial charge is 0.508 e. The summed E-state index contributed by atoms with van der Waals surface area (Å²) >= 11 is 0. The van der Waals surface area contributed by atoms with Crippen molar-refractivity contribution in [2.45, 2.75) is 26.0 Å². The zero-order valence-electron chi connectivity index (χ0n) is 20.2. The van der Waals surface area contributed by atoms with Gasteiger partial charge >= 0.3 is 0 Å². The van der Waals surface area contributed by atoms with Gasteiger partial charge in [0, 0.05) is 36.2 Å². The number of halogens is 2. The number of nitrogens with zero attached hydrogens (tertiary/aromatic N) is 1. The molecule has 3 aromatic rings. The lowest BCUT2D eigenvalue weighted by Crippen LogP contribution is -2.53. The molecule has 0 amide bonds. The minimum atomic E-state index is -0.697. The molecular weight excluding hydrogens is 464 g/mol. The Morgan fingerprint density at radius 2 is 1.81 bits per heavy atom. The van der Waals surface area contributed by atoms with E-state index in [1.165, 1.54) is 12.1 Å². The Bertz CT molecular complexity index is 1280. The third kappa shape index (κ3) is 4.63. The molecule has 2 N–H and O–H groups in total. The zero-order chi connectivity index (χ0) is 25.4. The van der Waals surface area contributed by atoms with Crippen molar-refractivity contribution in [2.24, 2.45) is 5.92 Å². The van der Waals surface area contributed by atoms with Crippen LogP contribution in [0.4, 0.5) is 8.78 Å². The number of allylic oxidation sites excluding steroid dienone is 1. The predicted octanol–water partition coefficient (Wildman–Crippen LogP) is 5.97. The molecule has 0 radical (unpaired) electrons. The van der Waals surface area contributed by atoms with E-state index in [1.54, 1.807) is 24.3 Å². The topological polar surface area (TPSA) is 62.2 Å². The fourth-order valence-electron chi connectivity index (χ4n) is 4.85. The molecule has 36 heavy (non-hydrogen) atoms. The Balaban J connectivity index is 1.40. The minimum Gasteiger partial charge on any atom is -0.508 e. The average molecular weight is 494 g/mol. The lowest BCUT2D eigenvalue weighted by atomic mass is 9.86. The maximum atomic E-state index is 13.8. The highest BCUT2D eigenvalue weighted by Gasteiger charge is 2.31. The molecule has 188 valence electrons. The molecule has 0 aromatic heterocycles. The van der Waals surface area contributed by atoms with E-state index in [0.717, 1.165) is 41.1 Å². The molecule has 1 fully saturated rings. The number of hydrogen-bond donors (Lipinski definition) is 2. The highest BCUT2D eigenvalue weighted by Crippen LogP contribution is 2.48. The van der Waals surface area contributed by atoms with Crippen LogP contribution in [0.2, 0.25) is 0 Å². The Hall–Kier alpha value is -3.58. The van der Waals surface area contributed by atoms with Crippen molar-refractivity contribution in [3.63, 3.8) is 0 Å². The maximum absolute atomic E-state index is 13.8. The summed E-state index contributed by atoms with van der Waals surface area (Å²) in [6, 6.07) is 17.0. The van der Waals surface area contributed by atoms with E-state index in [1.807, 2.05) is 31.2 Å². The number of phenolic OH excluding ortho intramolecular Hbond substituents is 2. The highest BCUT2D eigenvalue weighted by atomic mass is 19.1. The molecule has 1 saturated heterocycles. The van der Waals surface area contributed by atoms with Crippen LogP contribution in [-0.4, -0.2) is 47.5 Å². The fourth-order valence-corrected chi connectivity index (χ4v) is 4.85. The lowest BCUT2D eigenvalue weighted by molar-refractivity contribution is 0.0265. The quantitative estimate of drug-likeness (QED) is 0.425. The minimum absolute atomic E-state index is 0.116. The second kappa shape index (κ2) is 9.82.